The van der Waals surface area contributed by atoms with Gasteiger partial charge in [0.1, 0.15) is 0 Å². The summed E-state index contributed by atoms with van der Waals surface area (Å²) < 4.78 is 0. The Morgan fingerprint density at radius 1 is 0.561 bits per heavy atom. The monoisotopic (exact) mass is 732 g/mol. The Hall–Kier alpha value is -6.64. The Labute approximate surface area is 336 Å². The third-order valence-electron chi connectivity index (χ3n) is 12.8. The van der Waals surface area contributed by atoms with Crippen molar-refractivity contribution in [2.24, 2.45) is 5.92 Å². The van der Waals surface area contributed by atoms with Gasteiger partial charge in [-0.15, -0.1) is 0 Å². The number of fused-ring (bicyclic) bond motifs is 10. The summed E-state index contributed by atoms with van der Waals surface area (Å²) >= 11 is 0. The lowest BCUT2D eigenvalue weighted by molar-refractivity contribution is 0.466. The van der Waals surface area contributed by atoms with Crippen molar-refractivity contribution in [1.29, 1.82) is 0 Å². The molecule has 6 aromatic rings. The van der Waals surface area contributed by atoms with Crippen molar-refractivity contribution < 1.29 is 0 Å². The van der Waals surface area contributed by atoms with E-state index in [0.717, 1.165) is 37.1 Å². The van der Waals surface area contributed by atoms with Crippen molar-refractivity contribution in [3.8, 4) is 22.3 Å². The number of nitrogens with one attached hydrogen (secondary N) is 1. The smallest absolute Gasteiger partial charge is 0.0539 e. The van der Waals surface area contributed by atoms with E-state index in [0.29, 0.717) is 0 Å². The van der Waals surface area contributed by atoms with E-state index < -0.39 is 0 Å². The van der Waals surface area contributed by atoms with E-state index in [-0.39, 0.29) is 17.3 Å². The van der Waals surface area contributed by atoms with Crippen molar-refractivity contribution in [3.05, 3.63) is 234 Å². The van der Waals surface area contributed by atoms with Crippen LogP contribution in [0.3, 0.4) is 0 Å². The minimum atomic E-state index is -0.356. The fourth-order valence-corrected chi connectivity index (χ4v) is 10.4. The lowest BCUT2D eigenvalue weighted by Crippen LogP contribution is -2.33. The number of allylic oxidation sites excluding steroid dienone is 11. The van der Waals surface area contributed by atoms with Gasteiger partial charge in [-0.3, -0.25) is 0 Å². The molecule has 1 N–H and O–H groups in total. The Morgan fingerprint density at radius 3 is 2.14 bits per heavy atom. The zero-order valence-corrected chi connectivity index (χ0v) is 32.0. The van der Waals surface area contributed by atoms with Gasteiger partial charge in [0, 0.05) is 34.6 Å². The van der Waals surface area contributed by atoms with E-state index in [1.54, 1.807) is 0 Å². The largest absolute Gasteiger partial charge is 0.356 e. The molecule has 0 fully saturated rings. The molecule has 0 saturated heterocycles. The molecule has 0 radical (unpaired) electrons. The van der Waals surface area contributed by atoms with E-state index >= 15 is 0 Å². The molecular formula is C55H44N2. The van der Waals surface area contributed by atoms with Crippen LogP contribution in [-0.2, 0) is 5.41 Å². The first kappa shape index (κ1) is 33.7. The third kappa shape index (κ3) is 5.46. The Balaban J connectivity index is 1.06. The Morgan fingerprint density at radius 2 is 1.32 bits per heavy atom. The fourth-order valence-electron chi connectivity index (χ4n) is 10.4. The minimum Gasteiger partial charge on any atom is -0.356 e. The molecule has 5 aliphatic rings. The number of nitrogens with zero attached hydrogens (tertiary/aromatic N) is 1. The summed E-state index contributed by atoms with van der Waals surface area (Å²) in [6.45, 7) is 0. The molecule has 2 heteroatoms. The molecule has 0 heterocycles. The first-order valence-corrected chi connectivity index (χ1v) is 20.6. The Bertz CT molecular complexity index is 2700. The van der Waals surface area contributed by atoms with E-state index in [1.165, 1.54) is 72.7 Å². The number of benzene rings is 6. The summed E-state index contributed by atoms with van der Waals surface area (Å²) in [5.74, 6) is 0.421. The van der Waals surface area contributed by atoms with Crippen LogP contribution in [-0.4, -0.2) is 0 Å². The zero-order valence-electron chi connectivity index (χ0n) is 32.0. The quantitative estimate of drug-likeness (QED) is 0.176. The van der Waals surface area contributed by atoms with Crippen molar-refractivity contribution >= 4 is 28.3 Å². The predicted octanol–water partition coefficient (Wildman–Crippen LogP) is 14.4. The molecule has 0 aliphatic heterocycles. The molecule has 1 spiro atoms. The van der Waals surface area contributed by atoms with E-state index in [1.807, 2.05) is 0 Å². The molecular weight excluding hydrogens is 689 g/mol. The lowest BCUT2D eigenvalue weighted by Gasteiger charge is -2.36. The SMILES string of the molecule is C1=CCCC(c2ccc(N(C3=CCCC=C3)c3cccc4c3C3C=CC=CC3C43c4ccccc4-c4ccc(Nc5ccc(-c6ccccc6)cc5)cc43)cc2)=C1. The average molecular weight is 733 g/mol. The summed E-state index contributed by atoms with van der Waals surface area (Å²) in [6.07, 6.45) is 27.6. The molecule has 3 atom stereocenters. The molecule has 5 aliphatic carbocycles. The summed E-state index contributed by atoms with van der Waals surface area (Å²) in [5.41, 5.74) is 19.0. The van der Waals surface area contributed by atoms with E-state index in [2.05, 4.69) is 211 Å². The van der Waals surface area contributed by atoms with Gasteiger partial charge in [0.15, 0.2) is 0 Å². The number of hydrogen-bond donors (Lipinski definition) is 1. The molecule has 0 saturated carbocycles. The van der Waals surface area contributed by atoms with Crippen LogP contribution in [0.25, 0.3) is 27.8 Å². The summed E-state index contributed by atoms with van der Waals surface area (Å²) in [7, 11) is 0. The van der Waals surface area contributed by atoms with Gasteiger partial charge >= 0.3 is 0 Å². The van der Waals surface area contributed by atoms with Crippen molar-refractivity contribution in [1.82, 2.24) is 0 Å². The summed E-state index contributed by atoms with van der Waals surface area (Å²) in [5, 5.41) is 3.80. The van der Waals surface area contributed by atoms with E-state index in [9.17, 15) is 0 Å². The van der Waals surface area contributed by atoms with Crippen molar-refractivity contribution in [3.63, 3.8) is 0 Å². The first-order valence-electron chi connectivity index (χ1n) is 20.6. The lowest BCUT2D eigenvalue weighted by atomic mass is 9.65. The maximum absolute atomic E-state index is 3.80. The molecule has 274 valence electrons. The van der Waals surface area contributed by atoms with Crippen LogP contribution in [0.4, 0.5) is 22.7 Å². The summed E-state index contributed by atoms with van der Waals surface area (Å²) in [4.78, 5) is 2.54. The van der Waals surface area contributed by atoms with Crippen molar-refractivity contribution in [2.45, 2.75) is 37.0 Å². The molecule has 11 rings (SSSR count). The van der Waals surface area contributed by atoms with E-state index in [4.69, 9.17) is 0 Å². The van der Waals surface area contributed by atoms with Gasteiger partial charge in [0.05, 0.1) is 11.1 Å². The van der Waals surface area contributed by atoms with Gasteiger partial charge < -0.3 is 10.2 Å². The topological polar surface area (TPSA) is 15.3 Å². The van der Waals surface area contributed by atoms with Gasteiger partial charge in [-0.1, -0.05) is 152 Å². The van der Waals surface area contributed by atoms with Gasteiger partial charge in [-0.25, -0.2) is 0 Å². The highest BCUT2D eigenvalue weighted by Gasteiger charge is 2.58. The van der Waals surface area contributed by atoms with Crippen LogP contribution in [0.15, 0.2) is 206 Å². The summed E-state index contributed by atoms with van der Waals surface area (Å²) in [6, 6.07) is 52.1. The predicted molar refractivity (Wildman–Crippen MR) is 239 cm³/mol. The van der Waals surface area contributed by atoms with Crippen molar-refractivity contribution in [2.75, 3.05) is 10.2 Å². The van der Waals surface area contributed by atoms with Crippen LogP contribution < -0.4 is 10.2 Å². The van der Waals surface area contributed by atoms with Crippen LogP contribution in [0.1, 0.15) is 59.4 Å². The second-order valence-electron chi connectivity index (χ2n) is 15.9. The highest BCUT2D eigenvalue weighted by atomic mass is 15.2. The standard InChI is InChI=1S/C55H44N2/c1-4-15-38(16-5-1)40-27-31-42(32-28-40)56-43-33-36-47-46-21-10-12-23-49(46)55(52(47)37-43)50-24-13-11-22-48(50)54-51(55)25-14-26-53(54)57(44-19-8-3-9-20-44)45-34-29-41(30-35-45)39-17-6-2-7-18-39/h1-2,4-6,8,10-17,19-37,48,50,56H,3,7,9,18H2. The molecule has 2 nitrogen and oxygen atoms in total. The molecule has 6 aromatic carbocycles. The molecule has 3 unspecified atom stereocenters. The zero-order chi connectivity index (χ0) is 37.8. The minimum absolute atomic E-state index is 0.205. The van der Waals surface area contributed by atoms with Gasteiger partial charge in [0.25, 0.3) is 0 Å². The second-order valence-corrected chi connectivity index (χ2v) is 15.9. The van der Waals surface area contributed by atoms with Crippen LogP contribution in [0.5, 0.6) is 0 Å². The number of rotatable bonds is 7. The normalized spacial score (nSPS) is 20.7. The highest BCUT2D eigenvalue weighted by molar-refractivity contribution is 5.90. The number of anilines is 4. The van der Waals surface area contributed by atoms with Crippen LogP contribution >= 0.6 is 0 Å². The maximum Gasteiger partial charge on any atom is 0.0539 e. The maximum atomic E-state index is 3.80. The van der Waals surface area contributed by atoms with Gasteiger partial charge in [-0.05, 0) is 130 Å². The second kappa shape index (κ2) is 13.8. The first-order chi connectivity index (χ1) is 28.3. The number of hydrogen-bond acceptors (Lipinski definition) is 2. The average Bonchev–Trinajstić information content (AvgIpc) is 3.75. The van der Waals surface area contributed by atoms with Crippen LogP contribution in [0.2, 0.25) is 0 Å². The molecule has 0 amide bonds. The van der Waals surface area contributed by atoms with Crippen LogP contribution in [0, 0.1) is 5.92 Å². The highest BCUT2D eigenvalue weighted by Crippen LogP contribution is 2.67. The Kier molecular flexibility index (Phi) is 8.17. The van der Waals surface area contributed by atoms with Gasteiger partial charge in [0.2, 0.25) is 0 Å². The molecule has 57 heavy (non-hydrogen) atoms. The van der Waals surface area contributed by atoms with Gasteiger partial charge in [-0.2, -0.15) is 0 Å². The molecule has 0 bridgehead atoms. The third-order valence-corrected chi connectivity index (χ3v) is 12.8. The fraction of sp³-hybridized carbons (Fsp3) is 0.127. The molecule has 0 aromatic heterocycles.